The first kappa shape index (κ1) is 17.5. The van der Waals surface area contributed by atoms with Gasteiger partial charge in [-0.05, 0) is 30.7 Å². The molecule has 0 atom stereocenters. The summed E-state index contributed by atoms with van der Waals surface area (Å²) in [5.41, 5.74) is 5.01. The summed E-state index contributed by atoms with van der Waals surface area (Å²) in [6.07, 6.45) is 0. The number of para-hydroxylation sites is 1. The normalized spacial score (nSPS) is 15.4. The highest BCUT2D eigenvalue weighted by Gasteiger charge is 2.19. The van der Waals surface area contributed by atoms with E-state index in [1.165, 1.54) is 11.3 Å². The Balaban J connectivity index is 1.36. The van der Waals surface area contributed by atoms with Gasteiger partial charge in [0.2, 0.25) is 0 Å². The van der Waals surface area contributed by atoms with E-state index in [4.69, 9.17) is 16.6 Å². The number of halogens is 1. The second-order valence-electron chi connectivity index (χ2n) is 6.70. The van der Waals surface area contributed by atoms with Crippen molar-refractivity contribution in [2.45, 2.75) is 13.5 Å². The lowest BCUT2D eigenvalue weighted by Gasteiger charge is -2.36. The van der Waals surface area contributed by atoms with Crippen molar-refractivity contribution in [1.82, 2.24) is 9.88 Å². The fourth-order valence-electron chi connectivity index (χ4n) is 3.40. The Kier molecular flexibility index (Phi) is 5.25. The average molecular weight is 384 g/mol. The number of thiazole rings is 1. The molecule has 2 aromatic carbocycles. The number of hydrogen-bond acceptors (Lipinski definition) is 4. The molecule has 0 bridgehead atoms. The van der Waals surface area contributed by atoms with Crippen LogP contribution in [0, 0.1) is 6.92 Å². The van der Waals surface area contributed by atoms with E-state index in [0.29, 0.717) is 0 Å². The number of nitrogens with zero attached hydrogens (tertiary/aromatic N) is 3. The van der Waals surface area contributed by atoms with E-state index in [9.17, 15) is 0 Å². The minimum atomic E-state index is 0.761. The predicted molar refractivity (Wildman–Crippen MR) is 111 cm³/mol. The summed E-state index contributed by atoms with van der Waals surface area (Å²) in [7, 11) is 0. The number of hydrogen-bond donors (Lipinski definition) is 0. The summed E-state index contributed by atoms with van der Waals surface area (Å²) in [4.78, 5) is 9.80. The van der Waals surface area contributed by atoms with Gasteiger partial charge in [-0.2, -0.15) is 0 Å². The van der Waals surface area contributed by atoms with Gasteiger partial charge in [-0.15, -0.1) is 11.3 Å². The maximum Gasteiger partial charge on any atom is 0.123 e. The number of piperazine rings is 1. The SMILES string of the molecule is Cc1ccccc1N1CCN(Cc2csc(-c3ccc(Cl)cc3)n2)CC1. The molecule has 1 aliphatic heterocycles. The molecule has 0 N–H and O–H groups in total. The fourth-order valence-corrected chi connectivity index (χ4v) is 4.34. The molecule has 0 amide bonds. The molecule has 5 heteroatoms. The Bertz CT molecular complexity index is 867. The first-order chi connectivity index (χ1) is 12.7. The van der Waals surface area contributed by atoms with Crippen molar-refractivity contribution in [2.75, 3.05) is 31.1 Å². The van der Waals surface area contributed by atoms with Crippen LogP contribution in [0.4, 0.5) is 5.69 Å². The van der Waals surface area contributed by atoms with Crippen LogP contribution in [0.1, 0.15) is 11.3 Å². The zero-order valence-electron chi connectivity index (χ0n) is 14.9. The molecule has 0 unspecified atom stereocenters. The quantitative estimate of drug-likeness (QED) is 0.625. The molecular weight excluding hydrogens is 362 g/mol. The van der Waals surface area contributed by atoms with Gasteiger partial charge >= 0.3 is 0 Å². The van der Waals surface area contributed by atoms with Crippen LogP contribution in [0.2, 0.25) is 5.02 Å². The third-order valence-electron chi connectivity index (χ3n) is 4.86. The van der Waals surface area contributed by atoms with Gasteiger partial charge in [0, 0.05) is 54.4 Å². The zero-order valence-corrected chi connectivity index (χ0v) is 16.4. The molecule has 1 aliphatic rings. The fraction of sp³-hybridized carbons (Fsp3) is 0.286. The van der Waals surface area contributed by atoms with Gasteiger partial charge in [0.05, 0.1) is 5.69 Å². The number of aryl methyl sites for hydroxylation is 1. The van der Waals surface area contributed by atoms with Crippen molar-refractivity contribution >= 4 is 28.6 Å². The Morgan fingerprint density at radius 3 is 2.46 bits per heavy atom. The molecule has 1 fully saturated rings. The number of anilines is 1. The first-order valence-electron chi connectivity index (χ1n) is 8.92. The third-order valence-corrected chi connectivity index (χ3v) is 6.05. The molecule has 134 valence electrons. The molecule has 1 aromatic heterocycles. The van der Waals surface area contributed by atoms with Crippen molar-refractivity contribution in [1.29, 1.82) is 0 Å². The highest BCUT2D eigenvalue weighted by molar-refractivity contribution is 7.13. The summed E-state index contributed by atoms with van der Waals surface area (Å²) in [6, 6.07) is 16.6. The minimum absolute atomic E-state index is 0.761. The zero-order chi connectivity index (χ0) is 17.9. The molecule has 1 saturated heterocycles. The van der Waals surface area contributed by atoms with Crippen LogP contribution in [0.5, 0.6) is 0 Å². The molecule has 26 heavy (non-hydrogen) atoms. The van der Waals surface area contributed by atoms with Crippen LogP contribution in [0.3, 0.4) is 0 Å². The van der Waals surface area contributed by atoms with Gasteiger partial charge in [-0.3, -0.25) is 4.90 Å². The predicted octanol–water partition coefficient (Wildman–Crippen LogP) is 5.09. The lowest BCUT2D eigenvalue weighted by molar-refractivity contribution is 0.247. The molecule has 0 saturated carbocycles. The maximum atomic E-state index is 5.97. The van der Waals surface area contributed by atoms with Crippen LogP contribution >= 0.6 is 22.9 Å². The first-order valence-corrected chi connectivity index (χ1v) is 10.2. The van der Waals surface area contributed by atoms with Crippen LogP contribution < -0.4 is 4.90 Å². The Morgan fingerprint density at radius 2 is 1.73 bits per heavy atom. The van der Waals surface area contributed by atoms with Crippen LogP contribution in [0.15, 0.2) is 53.9 Å². The minimum Gasteiger partial charge on any atom is -0.369 e. The van der Waals surface area contributed by atoms with Crippen LogP contribution in [-0.4, -0.2) is 36.1 Å². The monoisotopic (exact) mass is 383 g/mol. The van der Waals surface area contributed by atoms with Crippen molar-refractivity contribution in [3.63, 3.8) is 0 Å². The number of benzene rings is 2. The van der Waals surface area contributed by atoms with Crippen molar-refractivity contribution in [3.8, 4) is 10.6 Å². The number of rotatable bonds is 4. The van der Waals surface area contributed by atoms with E-state index in [-0.39, 0.29) is 0 Å². The maximum absolute atomic E-state index is 5.97. The van der Waals surface area contributed by atoms with Gasteiger partial charge < -0.3 is 4.90 Å². The molecular formula is C21H22ClN3S. The van der Waals surface area contributed by atoms with Gasteiger partial charge in [-0.25, -0.2) is 4.98 Å². The second kappa shape index (κ2) is 7.78. The van der Waals surface area contributed by atoms with Crippen molar-refractivity contribution in [3.05, 3.63) is 70.2 Å². The van der Waals surface area contributed by atoms with Crippen LogP contribution in [0.25, 0.3) is 10.6 Å². The summed E-state index contributed by atoms with van der Waals surface area (Å²) in [5.74, 6) is 0. The summed E-state index contributed by atoms with van der Waals surface area (Å²) >= 11 is 7.68. The largest absolute Gasteiger partial charge is 0.369 e. The van der Waals surface area contributed by atoms with E-state index in [2.05, 4.69) is 46.4 Å². The summed E-state index contributed by atoms with van der Waals surface area (Å²) in [6.45, 7) is 7.39. The average Bonchev–Trinajstić information content (AvgIpc) is 3.12. The van der Waals surface area contributed by atoms with Gasteiger partial charge in [0.25, 0.3) is 0 Å². The van der Waals surface area contributed by atoms with Gasteiger partial charge in [0.1, 0.15) is 5.01 Å². The van der Waals surface area contributed by atoms with Crippen LogP contribution in [-0.2, 0) is 6.54 Å². The van der Waals surface area contributed by atoms with E-state index in [1.54, 1.807) is 11.3 Å². The van der Waals surface area contributed by atoms with Gasteiger partial charge in [-0.1, -0.05) is 41.9 Å². The van der Waals surface area contributed by atoms with Crippen molar-refractivity contribution in [2.24, 2.45) is 0 Å². The molecule has 0 radical (unpaired) electrons. The number of aromatic nitrogens is 1. The van der Waals surface area contributed by atoms with Gasteiger partial charge in [0.15, 0.2) is 0 Å². The van der Waals surface area contributed by atoms with E-state index in [0.717, 1.165) is 54.0 Å². The Hall–Kier alpha value is -1.88. The molecule has 0 spiro atoms. The molecule has 4 rings (SSSR count). The summed E-state index contributed by atoms with van der Waals surface area (Å²) in [5, 5.41) is 4.00. The van der Waals surface area contributed by atoms with Crippen molar-refractivity contribution < 1.29 is 0 Å². The summed E-state index contributed by atoms with van der Waals surface area (Å²) < 4.78 is 0. The van der Waals surface area contributed by atoms with E-state index in [1.807, 2.05) is 24.3 Å². The molecule has 2 heterocycles. The molecule has 3 nitrogen and oxygen atoms in total. The van der Waals surface area contributed by atoms with E-state index < -0.39 is 0 Å². The third kappa shape index (κ3) is 3.93. The Morgan fingerprint density at radius 1 is 1.00 bits per heavy atom. The molecule has 0 aliphatic carbocycles. The lowest BCUT2D eigenvalue weighted by atomic mass is 10.1. The Labute approximate surface area is 163 Å². The smallest absolute Gasteiger partial charge is 0.123 e. The second-order valence-corrected chi connectivity index (χ2v) is 8.00. The van der Waals surface area contributed by atoms with E-state index >= 15 is 0 Å². The topological polar surface area (TPSA) is 19.4 Å². The highest BCUT2D eigenvalue weighted by Crippen LogP contribution is 2.26. The molecule has 3 aromatic rings. The lowest BCUT2D eigenvalue weighted by Crippen LogP contribution is -2.46. The standard InChI is InChI=1S/C21H22ClN3S/c1-16-4-2-3-5-20(16)25-12-10-24(11-13-25)14-19-15-26-21(23-19)17-6-8-18(22)9-7-17/h2-9,15H,10-14H2,1H3. The highest BCUT2D eigenvalue weighted by atomic mass is 35.5.